The lowest BCUT2D eigenvalue weighted by Crippen LogP contribution is -1.98. The lowest BCUT2D eigenvalue weighted by atomic mass is 9.83. The van der Waals surface area contributed by atoms with E-state index in [9.17, 15) is 0 Å². The maximum Gasteiger partial charge on any atom is -0.00261 e. The Morgan fingerprint density at radius 3 is 1.62 bits per heavy atom. The van der Waals surface area contributed by atoms with E-state index in [2.05, 4.69) is 146 Å². The molecule has 0 saturated carbocycles. The zero-order valence-corrected chi connectivity index (χ0v) is 23.3. The Balaban J connectivity index is 1.38. The van der Waals surface area contributed by atoms with Crippen molar-refractivity contribution in [2.24, 2.45) is 0 Å². The number of fused-ring (bicyclic) bond motifs is 9. The van der Waals surface area contributed by atoms with Crippen molar-refractivity contribution in [1.82, 2.24) is 0 Å². The first-order chi connectivity index (χ1) is 20.8. The molecule has 0 aromatic heterocycles. The zero-order valence-electron chi connectivity index (χ0n) is 23.3. The van der Waals surface area contributed by atoms with Crippen LogP contribution in [0, 0.1) is 0 Å². The van der Waals surface area contributed by atoms with Crippen LogP contribution in [0.25, 0.3) is 82.2 Å². The van der Waals surface area contributed by atoms with Crippen LogP contribution in [-0.2, 0) is 6.42 Å². The average molecular weight is 533 g/mol. The van der Waals surface area contributed by atoms with Crippen molar-refractivity contribution in [1.29, 1.82) is 0 Å². The van der Waals surface area contributed by atoms with Gasteiger partial charge in [0, 0.05) is 0 Å². The second-order valence-electron chi connectivity index (χ2n) is 11.5. The first-order valence-corrected chi connectivity index (χ1v) is 14.9. The van der Waals surface area contributed by atoms with Crippen molar-refractivity contribution in [3.05, 3.63) is 151 Å². The molecule has 0 amide bonds. The van der Waals surface area contributed by atoms with E-state index in [1.165, 1.54) is 87.2 Å². The molecule has 0 heterocycles. The Bertz CT molecular complexity index is 2350. The maximum atomic E-state index is 2.46. The quantitative estimate of drug-likeness (QED) is 0.153. The van der Waals surface area contributed by atoms with Crippen LogP contribution < -0.4 is 0 Å². The summed E-state index contributed by atoms with van der Waals surface area (Å²) in [6.45, 7) is 0. The van der Waals surface area contributed by atoms with Gasteiger partial charge >= 0.3 is 0 Å². The van der Waals surface area contributed by atoms with E-state index in [4.69, 9.17) is 0 Å². The lowest BCUT2D eigenvalue weighted by molar-refractivity contribution is 1.00. The topological polar surface area (TPSA) is 0 Å². The molecule has 0 atom stereocenters. The van der Waals surface area contributed by atoms with Crippen molar-refractivity contribution < 1.29 is 0 Å². The molecule has 0 bridgehead atoms. The molecule has 42 heavy (non-hydrogen) atoms. The molecule has 0 unspecified atom stereocenters. The van der Waals surface area contributed by atoms with Gasteiger partial charge in [-0.1, -0.05) is 133 Å². The Morgan fingerprint density at radius 1 is 0.381 bits per heavy atom. The van der Waals surface area contributed by atoms with Gasteiger partial charge in [0.05, 0.1) is 0 Å². The summed E-state index contributed by atoms with van der Waals surface area (Å²) in [6, 6.07) is 49.6. The minimum absolute atomic E-state index is 1.10. The largest absolute Gasteiger partial charge is 0.0836 e. The van der Waals surface area contributed by atoms with Crippen LogP contribution in [0.3, 0.4) is 0 Å². The fourth-order valence-corrected chi connectivity index (χ4v) is 7.43. The summed E-state index contributed by atoms with van der Waals surface area (Å²) in [6.07, 6.45) is 6.86. The van der Waals surface area contributed by atoms with Crippen molar-refractivity contribution >= 4 is 59.9 Å². The molecule has 0 nitrogen and oxygen atoms in total. The normalized spacial score (nSPS) is 13.0. The van der Waals surface area contributed by atoms with Gasteiger partial charge in [0.2, 0.25) is 0 Å². The van der Waals surface area contributed by atoms with Gasteiger partial charge < -0.3 is 0 Å². The van der Waals surface area contributed by atoms with Gasteiger partial charge in [-0.15, -0.1) is 0 Å². The van der Waals surface area contributed by atoms with Gasteiger partial charge in [-0.3, -0.25) is 0 Å². The summed E-state index contributed by atoms with van der Waals surface area (Å²) >= 11 is 0. The Hall–Kier alpha value is -5.20. The number of allylic oxidation sites excluding steroid dienone is 1. The third kappa shape index (κ3) is 3.42. The highest BCUT2D eigenvalue weighted by atomic mass is 14.2. The highest BCUT2D eigenvalue weighted by Crippen LogP contribution is 2.45. The number of rotatable bonds is 2. The third-order valence-corrected chi connectivity index (χ3v) is 9.28. The third-order valence-electron chi connectivity index (χ3n) is 9.28. The zero-order chi connectivity index (χ0) is 27.6. The molecular weight excluding hydrogens is 504 g/mol. The minimum atomic E-state index is 1.10. The Morgan fingerprint density at radius 2 is 0.929 bits per heavy atom. The SMILES string of the molecule is C1=Cc2c(c3ccc(-c4c5ccccc5c(-c5ccc6ccccc6c5)c5ccccc45)cc3c3ccccc23)CC1. The van der Waals surface area contributed by atoms with Gasteiger partial charge in [0.1, 0.15) is 0 Å². The van der Waals surface area contributed by atoms with E-state index in [0.717, 1.165) is 12.8 Å². The summed E-state index contributed by atoms with van der Waals surface area (Å²) < 4.78 is 0. The van der Waals surface area contributed by atoms with Crippen molar-refractivity contribution in [3.8, 4) is 22.3 Å². The lowest BCUT2D eigenvalue weighted by Gasteiger charge is -2.20. The van der Waals surface area contributed by atoms with E-state index >= 15 is 0 Å². The number of hydrogen-bond donors (Lipinski definition) is 0. The number of aryl methyl sites for hydroxylation is 1. The van der Waals surface area contributed by atoms with Crippen molar-refractivity contribution in [2.45, 2.75) is 12.8 Å². The molecular formula is C42H28. The summed E-state index contributed by atoms with van der Waals surface area (Å²) in [5.74, 6) is 0. The molecule has 196 valence electrons. The van der Waals surface area contributed by atoms with Gasteiger partial charge in [-0.25, -0.2) is 0 Å². The molecule has 9 rings (SSSR count). The van der Waals surface area contributed by atoms with Crippen LogP contribution >= 0.6 is 0 Å². The molecule has 1 aliphatic carbocycles. The Labute approximate surface area is 245 Å². The fraction of sp³-hybridized carbons (Fsp3) is 0.0476. The van der Waals surface area contributed by atoms with Gasteiger partial charge in [-0.2, -0.15) is 0 Å². The minimum Gasteiger partial charge on any atom is -0.0836 e. The fourth-order valence-electron chi connectivity index (χ4n) is 7.43. The Kier molecular flexibility index (Phi) is 5.12. The average Bonchev–Trinajstić information content (AvgIpc) is 3.07. The first kappa shape index (κ1) is 23.5. The molecule has 0 heteroatoms. The maximum absolute atomic E-state index is 2.46. The summed E-state index contributed by atoms with van der Waals surface area (Å²) in [5.41, 5.74) is 8.04. The van der Waals surface area contributed by atoms with Gasteiger partial charge in [0.25, 0.3) is 0 Å². The van der Waals surface area contributed by atoms with Crippen LogP contribution in [0.2, 0.25) is 0 Å². The molecule has 1 aliphatic rings. The highest BCUT2D eigenvalue weighted by Gasteiger charge is 2.19. The second-order valence-corrected chi connectivity index (χ2v) is 11.5. The van der Waals surface area contributed by atoms with E-state index in [-0.39, 0.29) is 0 Å². The number of hydrogen-bond acceptors (Lipinski definition) is 0. The molecule has 8 aromatic rings. The van der Waals surface area contributed by atoms with E-state index < -0.39 is 0 Å². The molecule has 0 radical (unpaired) electrons. The van der Waals surface area contributed by atoms with Crippen LogP contribution in [0.5, 0.6) is 0 Å². The molecule has 0 spiro atoms. The smallest absolute Gasteiger partial charge is 0.00261 e. The molecule has 8 aromatic carbocycles. The number of benzene rings is 8. The predicted molar refractivity (Wildman–Crippen MR) is 182 cm³/mol. The van der Waals surface area contributed by atoms with Crippen LogP contribution in [0.1, 0.15) is 17.5 Å². The van der Waals surface area contributed by atoms with Gasteiger partial charge in [0.15, 0.2) is 0 Å². The predicted octanol–water partition coefficient (Wildman–Crippen LogP) is 11.7. The van der Waals surface area contributed by atoms with Crippen molar-refractivity contribution in [3.63, 3.8) is 0 Å². The molecule has 0 aliphatic heterocycles. The van der Waals surface area contributed by atoms with Crippen molar-refractivity contribution in [2.75, 3.05) is 0 Å². The van der Waals surface area contributed by atoms with Crippen LogP contribution in [0.15, 0.2) is 140 Å². The standard InChI is InChI=1S/C42H28/c1-2-12-28-25-29(22-21-27(28)11-1)41-36-17-7-9-19-38(36)42(39-20-10-8-18-37(39)41)30-23-24-35-33-15-4-3-13-31(33)32-14-5-6-16-34(32)40(35)26-30/h1-3,5-14,16-26H,4,15H2. The molecule has 0 fully saturated rings. The first-order valence-electron chi connectivity index (χ1n) is 14.9. The molecule has 0 saturated heterocycles. The summed E-state index contributed by atoms with van der Waals surface area (Å²) in [4.78, 5) is 0. The highest BCUT2D eigenvalue weighted by molar-refractivity contribution is 6.23. The van der Waals surface area contributed by atoms with E-state index in [1.54, 1.807) is 0 Å². The monoisotopic (exact) mass is 532 g/mol. The van der Waals surface area contributed by atoms with Crippen LogP contribution in [-0.4, -0.2) is 0 Å². The van der Waals surface area contributed by atoms with E-state index in [0.29, 0.717) is 0 Å². The molecule has 0 N–H and O–H groups in total. The summed E-state index contributed by atoms with van der Waals surface area (Å²) in [7, 11) is 0. The second kappa shape index (κ2) is 9.16. The van der Waals surface area contributed by atoms with Crippen LogP contribution in [0.4, 0.5) is 0 Å². The van der Waals surface area contributed by atoms with E-state index in [1.807, 2.05) is 0 Å². The summed E-state index contributed by atoms with van der Waals surface area (Å²) in [5, 5.41) is 13.1. The van der Waals surface area contributed by atoms with Gasteiger partial charge in [-0.05, 0) is 112 Å².